The van der Waals surface area contributed by atoms with Crippen LogP contribution in [0.2, 0.25) is 0 Å². The fourth-order valence-electron chi connectivity index (χ4n) is 3.55. The third kappa shape index (κ3) is 4.28. The Labute approximate surface area is 171 Å². The quantitative estimate of drug-likeness (QED) is 0.370. The van der Waals surface area contributed by atoms with E-state index >= 15 is 0 Å². The van der Waals surface area contributed by atoms with E-state index in [0.29, 0.717) is 24.5 Å². The summed E-state index contributed by atoms with van der Waals surface area (Å²) in [6.07, 6.45) is 1.09. The molecule has 0 aliphatic carbocycles. The molecule has 28 heavy (non-hydrogen) atoms. The number of fused-ring (bicyclic) bond motifs is 3. The summed E-state index contributed by atoms with van der Waals surface area (Å²) in [6, 6.07) is 15.2. The van der Waals surface area contributed by atoms with E-state index in [1.165, 1.54) is 34.5 Å². The van der Waals surface area contributed by atoms with Crippen molar-refractivity contribution in [3.63, 3.8) is 0 Å². The number of carbonyl (C=O) groups excluding carboxylic acids is 1. The van der Waals surface area contributed by atoms with Crippen molar-refractivity contribution < 1.29 is 9.53 Å². The number of thiocarbonyl (C=S) groups is 1. The number of esters is 1. The number of carbonyl (C=O) groups is 1. The van der Waals surface area contributed by atoms with Crippen LogP contribution in [-0.4, -0.2) is 41.3 Å². The third-order valence-electron chi connectivity index (χ3n) is 4.98. The SMILES string of the molecule is CCn1c2ccccc2c2cc(CN(C)C(=S)NCCCC(=O)OC)ccc21. The second-order valence-corrected chi connectivity index (χ2v) is 7.27. The van der Waals surface area contributed by atoms with Crippen molar-refractivity contribution in [2.75, 3.05) is 20.7 Å². The van der Waals surface area contributed by atoms with Crippen molar-refractivity contribution in [1.82, 2.24) is 14.8 Å². The third-order valence-corrected chi connectivity index (χ3v) is 5.44. The van der Waals surface area contributed by atoms with Crippen molar-refractivity contribution in [2.45, 2.75) is 32.9 Å². The highest BCUT2D eigenvalue weighted by Gasteiger charge is 2.11. The zero-order chi connectivity index (χ0) is 20.1. The molecule has 2 aromatic carbocycles. The maximum atomic E-state index is 11.2. The lowest BCUT2D eigenvalue weighted by Gasteiger charge is -2.21. The zero-order valence-electron chi connectivity index (χ0n) is 16.7. The fraction of sp³-hybridized carbons (Fsp3) is 0.364. The van der Waals surface area contributed by atoms with E-state index in [1.807, 2.05) is 11.9 Å². The number of benzene rings is 2. The van der Waals surface area contributed by atoms with E-state index in [9.17, 15) is 4.79 Å². The van der Waals surface area contributed by atoms with E-state index in [0.717, 1.165) is 13.1 Å². The highest BCUT2D eigenvalue weighted by molar-refractivity contribution is 7.80. The number of hydrogen-bond donors (Lipinski definition) is 1. The molecule has 5 nitrogen and oxygen atoms in total. The lowest BCUT2D eigenvalue weighted by molar-refractivity contribution is -0.140. The van der Waals surface area contributed by atoms with E-state index in [-0.39, 0.29) is 5.97 Å². The molecule has 3 aromatic rings. The van der Waals surface area contributed by atoms with Crippen LogP contribution in [0, 0.1) is 0 Å². The molecule has 0 saturated carbocycles. The summed E-state index contributed by atoms with van der Waals surface area (Å²) >= 11 is 5.47. The van der Waals surface area contributed by atoms with Gasteiger partial charge in [0, 0.05) is 54.9 Å². The van der Waals surface area contributed by atoms with Crippen LogP contribution in [-0.2, 0) is 22.6 Å². The molecule has 0 aliphatic rings. The average Bonchev–Trinajstić information content (AvgIpc) is 3.03. The van der Waals surface area contributed by atoms with E-state index in [2.05, 4.69) is 64.0 Å². The minimum absolute atomic E-state index is 0.194. The molecule has 0 unspecified atom stereocenters. The molecule has 3 rings (SSSR count). The number of para-hydroxylation sites is 1. The van der Waals surface area contributed by atoms with Crippen LogP contribution in [0.3, 0.4) is 0 Å². The summed E-state index contributed by atoms with van der Waals surface area (Å²) in [5.41, 5.74) is 3.75. The molecule has 0 fully saturated rings. The smallest absolute Gasteiger partial charge is 0.305 e. The van der Waals surface area contributed by atoms with Gasteiger partial charge in [-0.2, -0.15) is 0 Å². The second-order valence-electron chi connectivity index (χ2n) is 6.88. The molecular weight excluding hydrogens is 370 g/mol. The Morgan fingerprint density at radius 2 is 1.93 bits per heavy atom. The summed E-state index contributed by atoms with van der Waals surface area (Å²) in [4.78, 5) is 13.2. The molecule has 6 heteroatoms. The van der Waals surface area contributed by atoms with Gasteiger partial charge in [0.25, 0.3) is 0 Å². The second kappa shape index (κ2) is 9.06. The number of aryl methyl sites for hydroxylation is 1. The molecule has 0 spiro atoms. The first-order valence-electron chi connectivity index (χ1n) is 9.60. The molecule has 1 heterocycles. The summed E-state index contributed by atoms with van der Waals surface area (Å²) in [6.45, 7) is 4.51. The predicted octanol–water partition coefficient (Wildman–Crippen LogP) is 4.07. The standard InChI is InChI=1S/C22H27N3O2S/c1-4-25-19-9-6-5-8-17(19)18-14-16(11-12-20(18)25)15-24(2)22(28)23-13-7-10-21(26)27-3/h5-6,8-9,11-12,14H,4,7,10,13,15H2,1-3H3,(H,23,28). The number of hydrogen-bond acceptors (Lipinski definition) is 3. The Morgan fingerprint density at radius 3 is 2.68 bits per heavy atom. The summed E-state index contributed by atoms with van der Waals surface area (Å²) in [5, 5.41) is 6.45. The molecule has 0 aliphatic heterocycles. The molecule has 0 atom stereocenters. The van der Waals surface area contributed by atoms with Crippen LogP contribution >= 0.6 is 12.2 Å². The Hall–Kier alpha value is -2.60. The lowest BCUT2D eigenvalue weighted by Crippen LogP contribution is -2.37. The fourth-order valence-corrected chi connectivity index (χ4v) is 3.72. The summed E-state index contributed by atoms with van der Waals surface area (Å²) in [7, 11) is 3.39. The molecule has 1 aromatic heterocycles. The van der Waals surface area contributed by atoms with Gasteiger partial charge in [0.05, 0.1) is 7.11 Å². The first-order chi connectivity index (χ1) is 13.5. The van der Waals surface area contributed by atoms with Crippen molar-refractivity contribution >= 4 is 45.1 Å². The zero-order valence-corrected chi connectivity index (χ0v) is 17.5. The van der Waals surface area contributed by atoms with Gasteiger partial charge < -0.3 is 19.5 Å². The molecule has 0 amide bonds. The number of rotatable bonds is 7. The number of nitrogens with one attached hydrogen (secondary N) is 1. The van der Waals surface area contributed by atoms with Gasteiger partial charge >= 0.3 is 5.97 Å². The lowest BCUT2D eigenvalue weighted by atomic mass is 10.1. The van der Waals surface area contributed by atoms with Crippen molar-refractivity contribution in [3.05, 3.63) is 48.0 Å². The van der Waals surface area contributed by atoms with Crippen LogP contribution in [0.5, 0.6) is 0 Å². The van der Waals surface area contributed by atoms with Crippen LogP contribution in [0.4, 0.5) is 0 Å². The van der Waals surface area contributed by atoms with Gasteiger partial charge in [0.2, 0.25) is 0 Å². The molecule has 0 bridgehead atoms. The van der Waals surface area contributed by atoms with Crippen molar-refractivity contribution in [1.29, 1.82) is 0 Å². The van der Waals surface area contributed by atoms with Gasteiger partial charge in [-0.1, -0.05) is 24.3 Å². The van der Waals surface area contributed by atoms with E-state index in [1.54, 1.807) is 0 Å². The number of ether oxygens (including phenoxy) is 1. The summed E-state index contributed by atoms with van der Waals surface area (Å²) in [5.74, 6) is -0.194. The van der Waals surface area contributed by atoms with Gasteiger partial charge in [0.15, 0.2) is 5.11 Å². The minimum atomic E-state index is -0.194. The Bertz CT molecular complexity index is 996. The van der Waals surface area contributed by atoms with Crippen LogP contribution in [0.1, 0.15) is 25.3 Å². The Balaban J connectivity index is 1.69. The normalized spacial score (nSPS) is 11.0. The monoisotopic (exact) mass is 397 g/mol. The van der Waals surface area contributed by atoms with E-state index < -0.39 is 0 Å². The van der Waals surface area contributed by atoms with E-state index in [4.69, 9.17) is 12.2 Å². The average molecular weight is 398 g/mol. The number of methoxy groups -OCH3 is 1. The number of aromatic nitrogens is 1. The Kier molecular flexibility index (Phi) is 6.52. The van der Waals surface area contributed by atoms with Gasteiger partial charge in [-0.3, -0.25) is 4.79 Å². The highest BCUT2D eigenvalue weighted by atomic mass is 32.1. The summed E-state index contributed by atoms with van der Waals surface area (Å²) < 4.78 is 7.00. The van der Waals surface area contributed by atoms with Crippen molar-refractivity contribution in [2.24, 2.45) is 0 Å². The molecule has 1 N–H and O–H groups in total. The molecule has 148 valence electrons. The number of nitrogens with zero attached hydrogens (tertiary/aromatic N) is 2. The first-order valence-corrected chi connectivity index (χ1v) is 10.0. The molecule has 0 radical (unpaired) electrons. The van der Waals surface area contributed by atoms with Gasteiger partial charge in [0.1, 0.15) is 0 Å². The van der Waals surface area contributed by atoms with Crippen LogP contribution in [0.15, 0.2) is 42.5 Å². The topological polar surface area (TPSA) is 46.5 Å². The molecule has 0 saturated heterocycles. The van der Waals surface area contributed by atoms with Gasteiger partial charge in [-0.15, -0.1) is 0 Å². The maximum Gasteiger partial charge on any atom is 0.305 e. The van der Waals surface area contributed by atoms with Gasteiger partial charge in [-0.25, -0.2) is 0 Å². The van der Waals surface area contributed by atoms with Crippen LogP contribution in [0.25, 0.3) is 21.8 Å². The largest absolute Gasteiger partial charge is 0.469 e. The maximum absolute atomic E-state index is 11.2. The van der Waals surface area contributed by atoms with Gasteiger partial charge in [-0.05, 0) is 49.3 Å². The predicted molar refractivity (Wildman–Crippen MR) is 118 cm³/mol. The van der Waals surface area contributed by atoms with Crippen LogP contribution < -0.4 is 5.32 Å². The Morgan fingerprint density at radius 1 is 1.18 bits per heavy atom. The highest BCUT2D eigenvalue weighted by Crippen LogP contribution is 2.29. The van der Waals surface area contributed by atoms with Crippen molar-refractivity contribution in [3.8, 4) is 0 Å². The molecular formula is C22H27N3O2S. The first kappa shape index (κ1) is 20.1. The minimum Gasteiger partial charge on any atom is -0.469 e.